The second-order valence-electron chi connectivity index (χ2n) is 2.56. The molecule has 0 unspecified atom stereocenters. The molecule has 0 aliphatic rings. The molecule has 14 heavy (non-hydrogen) atoms. The Bertz CT molecular complexity index is 516. The monoisotopic (exact) mass is 234 g/mol. The first-order valence-corrected chi connectivity index (χ1v) is 4.31. The summed E-state index contributed by atoms with van der Waals surface area (Å²) in [4.78, 5) is 7.33. The lowest BCUT2D eigenvalue weighted by atomic mass is 10.3. The van der Waals surface area contributed by atoms with Gasteiger partial charge in [-0.25, -0.2) is 18.7 Å². The van der Waals surface area contributed by atoms with Crippen LogP contribution in [0.4, 0.5) is 8.78 Å². The third kappa shape index (κ3) is 1.51. The van der Waals surface area contributed by atoms with Crippen LogP contribution in [-0.2, 0) is 0 Å². The van der Waals surface area contributed by atoms with E-state index >= 15 is 0 Å². The van der Waals surface area contributed by atoms with Gasteiger partial charge in [-0.1, -0.05) is 23.2 Å². The minimum atomic E-state index is -0.814. The summed E-state index contributed by atoms with van der Waals surface area (Å²) >= 11 is 11.1. The molecule has 1 aromatic heterocycles. The highest BCUT2D eigenvalue weighted by Gasteiger charge is 2.10. The SMILES string of the molecule is Fc1cc(F)c2nc(Cl)c(Cl)nc2c1. The second kappa shape index (κ2) is 3.29. The predicted octanol–water partition coefficient (Wildman–Crippen LogP) is 3.21. The highest BCUT2D eigenvalue weighted by Crippen LogP contribution is 2.23. The zero-order chi connectivity index (χ0) is 10.3. The normalized spacial score (nSPS) is 10.9. The molecular formula is C8H2Cl2F2N2. The number of hydrogen-bond acceptors (Lipinski definition) is 2. The molecule has 0 spiro atoms. The molecule has 0 aliphatic heterocycles. The first-order chi connectivity index (χ1) is 6.58. The van der Waals surface area contributed by atoms with E-state index < -0.39 is 11.6 Å². The fourth-order valence-electron chi connectivity index (χ4n) is 1.04. The van der Waals surface area contributed by atoms with E-state index in [9.17, 15) is 8.78 Å². The Morgan fingerprint density at radius 2 is 1.64 bits per heavy atom. The number of fused-ring (bicyclic) bond motifs is 1. The smallest absolute Gasteiger partial charge is 0.167 e. The van der Waals surface area contributed by atoms with Gasteiger partial charge in [0.15, 0.2) is 16.1 Å². The summed E-state index contributed by atoms with van der Waals surface area (Å²) in [6, 6.07) is 1.74. The van der Waals surface area contributed by atoms with Crippen molar-refractivity contribution in [2.24, 2.45) is 0 Å². The van der Waals surface area contributed by atoms with E-state index in [2.05, 4.69) is 9.97 Å². The van der Waals surface area contributed by atoms with Gasteiger partial charge in [0.25, 0.3) is 0 Å². The van der Waals surface area contributed by atoms with Gasteiger partial charge < -0.3 is 0 Å². The van der Waals surface area contributed by atoms with Crippen molar-refractivity contribution >= 4 is 34.2 Å². The third-order valence-electron chi connectivity index (χ3n) is 1.61. The first-order valence-electron chi connectivity index (χ1n) is 3.56. The van der Waals surface area contributed by atoms with Crippen molar-refractivity contribution in [3.05, 3.63) is 34.1 Å². The van der Waals surface area contributed by atoms with Crippen LogP contribution in [0, 0.1) is 11.6 Å². The molecule has 0 N–H and O–H groups in total. The van der Waals surface area contributed by atoms with Gasteiger partial charge in [0, 0.05) is 12.1 Å². The van der Waals surface area contributed by atoms with Crippen molar-refractivity contribution in [1.82, 2.24) is 9.97 Å². The molecular weight excluding hydrogens is 233 g/mol. The van der Waals surface area contributed by atoms with E-state index in [-0.39, 0.29) is 21.3 Å². The summed E-state index contributed by atoms with van der Waals surface area (Å²) in [6.07, 6.45) is 0. The van der Waals surface area contributed by atoms with E-state index in [4.69, 9.17) is 23.2 Å². The van der Waals surface area contributed by atoms with Gasteiger partial charge in [-0.2, -0.15) is 0 Å². The van der Waals surface area contributed by atoms with Gasteiger partial charge in [0.2, 0.25) is 0 Å². The lowest BCUT2D eigenvalue weighted by Crippen LogP contribution is -1.91. The summed E-state index contributed by atoms with van der Waals surface area (Å²) in [7, 11) is 0. The summed E-state index contributed by atoms with van der Waals surface area (Å²) in [6.45, 7) is 0. The minimum Gasteiger partial charge on any atom is -0.231 e. The number of halogens is 4. The van der Waals surface area contributed by atoms with Crippen LogP contribution in [0.1, 0.15) is 0 Å². The number of benzene rings is 1. The zero-order valence-corrected chi connectivity index (χ0v) is 8.07. The Morgan fingerprint density at radius 1 is 1.00 bits per heavy atom. The van der Waals surface area contributed by atoms with Gasteiger partial charge in [0.1, 0.15) is 11.3 Å². The fourth-order valence-corrected chi connectivity index (χ4v) is 1.30. The van der Waals surface area contributed by atoms with Crippen molar-refractivity contribution < 1.29 is 8.78 Å². The molecule has 0 atom stereocenters. The molecule has 0 radical (unpaired) electrons. The lowest BCUT2D eigenvalue weighted by Gasteiger charge is -2.00. The molecule has 72 valence electrons. The van der Waals surface area contributed by atoms with Crippen LogP contribution < -0.4 is 0 Å². The predicted molar refractivity (Wildman–Crippen MR) is 49.5 cm³/mol. The molecule has 2 aromatic rings. The summed E-state index contributed by atoms with van der Waals surface area (Å²) in [5, 5.41) is -0.186. The van der Waals surface area contributed by atoms with Crippen molar-refractivity contribution in [1.29, 1.82) is 0 Å². The van der Waals surface area contributed by atoms with Gasteiger partial charge in [-0.3, -0.25) is 0 Å². The first kappa shape index (κ1) is 9.55. The minimum absolute atomic E-state index is 0.0388. The molecule has 0 bridgehead atoms. The van der Waals surface area contributed by atoms with Gasteiger partial charge >= 0.3 is 0 Å². The van der Waals surface area contributed by atoms with Crippen LogP contribution in [0.15, 0.2) is 12.1 Å². The maximum absolute atomic E-state index is 13.1. The summed E-state index contributed by atoms with van der Waals surface area (Å²) in [5.74, 6) is -1.55. The molecule has 0 fully saturated rings. The highest BCUT2D eigenvalue weighted by molar-refractivity contribution is 6.40. The fraction of sp³-hybridized carbons (Fsp3) is 0. The van der Waals surface area contributed by atoms with Crippen LogP contribution in [0.25, 0.3) is 11.0 Å². The Balaban J connectivity index is 2.89. The molecule has 0 saturated heterocycles. The number of hydrogen-bond donors (Lipinski definition) is 0. The van der Waals surface area contributed by atoms with E-state index in [1.54, 1.807) is 0 Å². The average molecular weight is 235 g/mol. The quantitative estimate of drug-likeness (QED) is 0.700. The van der Waals surface area contributed by atoms with Crippen LogP contribution in [0.3, 0.4) is 0 Å². The molecule has 1 aromatic carbocycles. The molecule has 0 amide bonds. The second-order valence-corrected chi connectivity index (χ2v) is 3.28. The highest BCUT2D eigenvalue weighted by atomic mass is 35.5. The summed E-state index contributed by atoms with van der Waals surface area (Å²) < 4.78 is 25.9. The lowest BCUT2D eigenvalue weighted by molar-refractivity contribution is 0.590. The van der Waals surface area contributed by atoms with Gasteiger partial charge in [0.05, 0.1) is 5.52 Å². The van der Waals surface area contributed by atoms with Crippen molar-refractivity contribution in [2.45, 2.75) is 0 Å². The van der Waals surface area contributed by atoms with Crippen molar-refractivity contribution in [2.75, 3.05) is 0 Å². The average Bonchev–Trinajstić information content (AvgIpc) is 2.08. The topological polar surface area (TPSA) is 25.8 Å². The van der Waals surface area contributed by atoms with Crippen LogP contribution in [0.5, 0.6) is 0 Å². The van der Waals surface area contributed by atoms with E-state index in [1.165, 1.54) is 0 Å². The molecule has 0 aliphatic carbocycles. The Labute approximate surface area is 87.5 Å². The molecule has 6 heteroatoms. The molecule has 0 saturated carbocycles. The van der Waals surface area contributed by atoms with Gasteiger partial charge in [-0.05, 0) is 0 Å². The van der Waals surface area contributed by atoms with Crippen LogP contribution in [0.2, 0.25) is 10.3 Å². The van der Waals surface area contributed by atoms with Gasteiger partial charge in [-0.15, -0.1) is 0 Å². The molecule has 2 rings (SSSR count). The largest absolute Gasteiger partial charge is 0.231 e. The summed E-state index contributed by atoms with van der Waals surface area (Å²) in [5.41, 5.74) is -0.0577. The maximum Gasteiger partial charge on any atom is 0.167 e. The number of nitrogens with zero attached hydrogens (tertiary/aromatic N) is 2. The Kier molecular flexibility index (Phi) is 2.25. The molecule has 1 heterocycles. The van der Waals surface area contributed by atoms with E-state index in [1.807, 2.05) is 0 Å². The van der Waals surface area contributed by atoms with Crippen LogP contribution >= 0.6 is 23.2 Å². The van der Waals surface area contributed by atoms with E-state index in [0.717, 1.165) is 6.07 Å². The van der Waals surface area contributed by atoms with E-state index in [0.29, 0.717) is 6.07 Å². The maximum atomic E-state index is 13.1. The number of aromatic nitrogens is 2. The third-order valence-corrected chi connectivity index (χ3v) is 2.23. The number of rotatable bonds is 0. The zero-order valence-electron chi connectivity index (χ0n) is 6.56. The Morgan fingerprint density at radius 3 is 2.36 bits per heavy atom. The van der Waals surface area contributed by atoms with Crippen molar-refractivity contribution in [3.8, 4) is 0 Å². The molecule has 2 nitrogen and oxygen atoms in total. The standard InChI is InChI=1S/C8H2Cl2F2N2/c9-7-8(10)14-6-4(12)1-3(11)2-5(6)13-7/h1-2H. The van der Waals surface area contributed by atoms with Crippen molar-refractivity contribution in [3.63, 3.8) is 0 Å². The Hall–Kier alpha value is -1.00. The van der Waals surface area contributed by atoms with Crippen LogP contribution in [-0.4, -0.2) is 9.97 Å².